The summed E-state index contributed by atoms with van der Waals surface area (Å²) in [5.74, 6) is -0.511. The van der Waals surface area contributed by atoms with Gasteiger partial charge in [-0.3, -0.25) is 14.9 Å². The van der Waals surface area contributed by atoms with Crippen LogP contribution in [-0.2, 0) is 9.63 Å². The van der Waals surface area contributed by atoms with Crippen LogP contribution in [0.5, 0.6) is 0 Å². The van der Waals surface area contributed by atoms with Crippen LogP contribution in [0.2, 0.25) is 5.02 Å². The third-order valence-electron chi connectivity index (χ3n) is 2.90. The van der Waals surface area contributed by atoms with Gasteiger partial charge in [-0.1, -0.05) is 34.4 Å². The molecule has 1 aromatic carbocycles. The summed E-state index contributed by atoms with van der Waals surface area (Å²) < 4.78 is 0. The SMILES string of the molecule is Cc1ccc(NC(=O)ON=C2C=C(Cl)C(=O)C(Cl)C2Cl)c(Cl)c1. The normalized spacial score (nSPS) is 22.7. The van der Waals surface area contributed by atoms with Gasteiger partial charge in [-0.15, -0.1) is 23.2 Å². The van der Waals surface area contributed by atoms with Gasteiger partial charge in [0.05, 0.1) is 15.7 Å². The van der Waals surface area contributed by atoms with Crippen molar-refractivity contribution in [2.24, 2.45) is 5.16 Å². The molecular weight excluding hydrogens is 386 g/mol. The fourth-order valence-electron chi connectivity index (χ4n) is 1.72. The number of nitrogens with zero attached hydrogens (tertiary/aromatic N) is 1. The maximum atomic E-state index is 11.7. The molecule has 5 nitrogen and oxygen atoms in total. The van der Waals surface area contributed by atoms with Gasteiger partial charge in [-0.05, 0) is 30.7 Å². The molecule has 0 radical (unpaired) electrons. The molecule has 0 bridgehead atoms. The number of amides is 1. The van der Waals surface area contributed by atoms with Gasteiger partial charge in [0.2, 0.25) is 0 Å². The van der Waals surface area contributed by atoms with Crippen molar-refractivity contribution in [2.45, 2.75) is 17.7 Å². The van der Waals surface area contributed by atoms with E-state index in [0.717, 1.165) is 5.56 Å². The van der Waals surface area contributed by atoms with E-state index in [1.807, 2.05) is 6.92 Å². The van der Waals surface area contributed by atoms with Crippen molar-refractivity contribution in [3.63, 3.8) is 0 Å². The molecule has 0 saturated carbocycles. The van der Waals surface area contributed by atoms with Gasteiger partial charge in [0, 0.05) is 0 Å². The molecule has 1 N–H and O–H groups in total. The summed E-state index contributed by atoms with van der Waals surface area (Å²) in [6, 6.07) is 5.09. The van der Waals surface area contributed by atoms with E-state index in [1.165, 1.54) is 6.08 Å². The monoisotopic (exact) mass is 394 g/mol. The lowest BCUT2D eigenvalue weighted by Crippen LogP contribution is -2.35. The predicted octanol–water partition coefficient (Wildman–Crippen LogP) is 4.47. The van der Waals surface area contributed by atoms with Crippen LogP contribution in [-0.4, -0.2) is 28.3 Å². The lowest BCUT2D eigenvalue weighted by atomic mass is 10.0. The van der Waals surface area contributed by atoms with Crippen LogP contribution in [0.15, 0.2) is 34.5 Å². The minimum atomic E-state index is -1.08. The first-order valence-electron chi connectivity index (χ1n) is 6.31. The third kappa shape index (κ3) is 4.38. The zero-order chi connectivity index (χ0) is 17.1. The minimum Gasteiger partial charge on any atom is -0.297 e. The first kappa shape index (κ1) is 18.1. The van der Waals surface area contributed by atoms with Crippen LogP contribution in [0.3, 0.4) is 0 Å². The van der Waals surface area contributed by atoms with E-state index in [4.69, 9.17) is 51.2 Å². The Morgan fingerprint density at radius 2 is 1.96 bits per heavy atom. The molecule has 1 amide bonds. The van der Waals surface area contributed by atoms with Crippen molar-refractivity contribution < 1.29 is 14.4 Å². The maximum Gasteiger partial charge on any atom is 0.437 e. The number of allylic oxidation sites excluding steroid dienone is 2. The van der Waals surface area contributed by atoms with Crippen LogP contribution in [0.1, 0.15) is 5.56 Å². The Labute approximate surface area is 152 Å². The fraction of sp³-hybridized carbons (Fsp3) is 0.214. The zero-order valence-electron chi connectivity index (χ0n) is 11.6. The summed E-state index contributed by atoms with van der Waals surface area (Å²) in [6.45, 7) is 1.86. The molecule has 1 aliphatic rings. The summed E-state index contributed by atoms with van der Waals surface area (Å²) >= 11 is 23.5. The molecular formula is C14H10Cl4N2O3. The van der Waals surface area contributed by atoms with Crippen LogP contribution in [0, 0.1) is 6.92 Å². The fourth-order valence-corrected chi connectivity index (χ4v) is 2.75. The van der Waals surface area contributed by atoms with Crippen molar-refractivity contribution in [2.75, 3.05) is 5.32 Å². The Morgan fingerprint density at radius 1 is 1.26 bits per heavy atom. The summed E-state index contributed by atoms with van der Waals surface area (Å²) in [6.07, 6.45) is 0.326. The molecule has 1 aliphatic carbocycles. The molecule has 122 valence electrons. The predicted molar refractivity (Wildman–Crippen MR) is 92.0 cm³/mol. The average Bonchev–Trinajstić information content (AvgIpc) is 2.50. The summed E-state index contributed by atoms with van der Waals surface area (Å²) in [4.78, 5) is 27.9. The van der Waals surface area contributed by atoms with E-state index in [0.29, 0.717) is 10.7 Å². The van der Waals surface area contributed by atoms with E-state index >= 15 is 0 Å². The standard InChI is InChI=1S/C14H10Cl4N2O3/c1-6-2-3-9(7(15)4-6)19-14(22)23-20-10-5-8(16)13(21)12(18)11(10)17/h2-5,11-12H,1H3,(H,19,22). The second-order valence-corrected chi connectivity index (χ2v) is 6.42. The average molecular weight is 396 g/mol. The highest BCUT2D eigenvalue weighted by molar-refractivity contribution is 6.56. The van der Waals surface area contributed by atoms with Gasteiger partial charge in [-0.25, -0.2) is 4.79 Å². The lowest BCUT2D eigenvalue weighted by molar-refractivity contribution is -0.114. The summed E-state index contributed by atoms with van der Waals surface area (Å²) in [7, 11) is 0. The van der Waals surface area contributed by atoms with Crippen LogP contribution in [0.4, 0.5) is 10.5 Å². The molecule has 2 atom stereocenters. The summed E-state index contributed by atoms with van der Waals surface area (Å²) in [5.41, 5.74) is 1.38. The van der Waals surface area contributed by atoms with Gasteiger partial charge < -0.3 is 0 Å². The number of alkyl halides is 2. The Bertz CT molecular complexity index is 718. The number of ketones is 1. The number of rotatable bonds is 2. The van der Waals surface area contributed by atoms with Gasteiger partial charge in [-0.2, -0.15) is 0 Å². The molecule has 2 unspecified atom stereocenters. The third-order valence-corrected chi connectivity index (χ3v) is 4.56. The number of hydrogen-bond donors (Lipinski definition) is 1. The molecule has 23 heavy (non-hydrogen) atoms. The smallest absolute Gasteiger partial charge is 0.297 e. The highest BCUT2D eigenvalue weighted by Gasteiger charge is 2.35. The Kier molecular flexibility index (Phi) is 5.92. The highest BCUT2D eigenvalue weighted by Crippen LogP contribution is 2.26. The molecule has 0 spiro atoms. The number of halogens is 4. The van der Waals surface area contributed by atoms with Gasteiger partial charge in [0.25, 0.3) is 0 Å². The van der Waals surface area contributed by atoms with Gasteiger partial charge in [0.15, 0.2) is 5.78 Å². The number of anilines is 1. The molecule has 0 aromatic heterocycles. The highest BCUT2D eigenvalue weighted by atomic mass is 35.5. The van der Waals surface area contributed by atoms with E-state index in [-0.39, 0.29) is 10.7 Å². The molecule has 1 aromatic rings. The van der Waals surface area contributed by atoms with Crippen LogP contribution in [0.25, 0.3) is 0 Å². The Hall–Kier alpha value is -1.27. The van der Waals surface area contributed by atoms with Crippen molar-refractivity contribution in [1.29, 1.82) is 0 Å². The Morgan fingerprint density at radius 3 is 2.61 bits per heavy atom. The number of Topliss-reactive ketones (excluding diaryl/α,β-unsaturated/α-hetero) is 1. The first-order chi connectivity index (χ1) is 10.8. The number of oxime groups is 1. The molecule has 0 heterocycles. The van der Waals surface area contributed by atoms with Crippen LogP contribution < -0.4 is 5.32 Å². The largest absolute Gasteiger partial charge is 0.437 e. The molecule has 9 heteroatoms. The number of nitrogens with one attached hydrogen (secondary N) is 1. The number of carbonyl (C=O) groups excluding carboxylic acids is 2. The second kappa shape index (κ2) is 7.53. The molecule has 0 fully saturated rings. The van der Waals surface area contributed by atoms with E-state index in [1.54, 1.807) is 18.2 Å². The topological polar surface area (TPSA) is 67.8 Å². The van der Waals surface area contributed by atoms with Crippen molar-refractivity contribution >= 4 is 69.7 Å². The van der Waals surface area contributed by atoms with E-state index < -0.39 is 22.6 Å². The number of aryl methyl sites for hydroxylation is 1. The van der Waals surface area contributed by atoms with Gasteiger partial charge >= 0.3 is 6.09 Å². The van der Waals surface area contributed by atoms with Crippen molar-refractivity contribution in [1.82, 2.24) is 0 Å². The minimum absolute atomic E-state index is 0.0708. The van der Waals surface area contributed by atoms with Gasteiger partial charge in [0.1, 0.15) is 16.5 Å². The zero-order valence-corrected chi connectivity index (χ0v) is 14.7. The van der Waals surface area contributed by atoms with Crippen molar-refractivity contribution in [3.8, 4) is 0 Å². The summed E-state index contributed by atoms with van der Waals surface area (Å²) in [5, 5.41) is 4.19. The number of benzene rings is 1. The molecule has 0 saturated heterocycles. The molecule has 0 aliphatic heterocycles. The number of carbonyl (C=O) groups is 2. The second-order valence-electron chi connectivity index (χ2n) is 4.66. The number of hydrogen-bond acceptors (Lipinski definition) is 4. The quantitative estimate of drug-likeness (QED) is 0.456. The van der Waals surface area contributed by atoms with Crippen molar-refractivity contribution in [3.05, 3.63) is 39.9 Å². The Balaban J connectivity index is 2.07. The maximum absolute atomic E-state index is 11.7. The first-order valence-corrected chi connectivity index (χ1v) is 7.94. The van der Waals surface area contributed by atoms with Crippen LogP contribution >= 0.6 is 46.4 Å². The van der Waals surface area contributed by atoms with E-state index in [9.17, 15) is 9.59 Å². The lowest BCUT2D eigenvalue weighted by Gasteiger charge is -2.19. The molecule has 2 rings (SSSR count). The van der Waals surface area contributed by atoms with E-state index in [2.05, 4.69) is 10.5 Å².